The van der Waals surface area contributed by atoms with E-state index in [1.54, 1.807) is 0 Å². The van der Waals surface area contributed by atoms with Crippen LogP contribution in [0.1, 0.15) is 56.4 Å². The molecule has 0 amide bonds. The minimum absolute atomic E-state index is 0.191. The molecule has 1 saturated heterocycles. The lowest BCUT2D eigenvalue weighted by molar-refractivity contribution is 0.256. The van der Waals surface area contributed by atoms with Crippen LogP contribution in [0.4, 0.5) is 0 Å². The zero-order chi connectivity index (χ0) is 14.9. The van der Waals surface area contributed by atoms with Gasteiger partial charge >= 0.3 is 0 Å². The molecule has 0 bridgehead atoms. The van der Waals surface area contributed by atoms with Crippen LogP contribution < -0.4 is 5.32 Å². The molecule has 114 valence electrons. The summed E-state index contributed by atoms with van der Waals surface area (Å²) in [6.45, 7) is 17.1. The molecule has 0 aliphatic carbocycles. The first-order chi connectivity index (χ1) is 9.24. The van der Waals surface area contributed by atoms with Crippen LogP contribution in [-0.4, -0.2) is 23.0 Å². The number of thiophene rings is 1. The fourth-order valence-electron chi connectivity index (χ4n) is 3.01. The van der Waals surface area contributed by atoms with Crippen molar-refractivity contribution in [2.24, 2.45) is 5.92 Å². The Hall–Kier alpha value is -0.380. The summed E-state index contributed by atoms with van der Waals surface area (Å²) >= 11 is 1.95. The lowest BCUT2D eigenvalue weighted by Gasteiger charge is -2.21. The monoisotopic (exact) mass is 294 g/mol. The molecule has 0 spiro atoms. The van der Waals surface area contributed by atoms with Crippen LogP contribution in [-0.2, 0) is 13.1 Å². The predicted molar refractivity (Wildman–Crippen MR) is 89.3 cm³/mol. The molecule has 2 atom stereocenters. The lowest BCUT2D eigenvalue weighted by Crippen LogP contribution is -2.34. The molecule has 3 heteroatoms. The second kappa shape index (κ2) is 6.17. The van der Waals surface area contributed by atoms with Gasteiger partial charge in [-0.25, -0.2) is 0 Å². The Morgan fingerprint density at radius 2 is 2.05 bits per heavy atom. The second-order valence-corrected chi connectivity index (χ2v) is 8.86. The van der Waals surface area contributed by atoms with Gasteiger partial charge in [0.15, 0.2) is 0 Å². The van der Waals surface area contributed by atoms with E-state index in [0.717, 1.165) is 25.0 Å². The Morgan fingerprint density at radius 1 is 1.35 bits per heavy atom. The molecule has 1 aromatic rings. The lowest BCUT2D eigenvalue weighted by atomic mass is 10.1. The minimum atomic E-state index is 0.191. The highest BCUT2D eigenvalue weighted by Gasteiger charge is 2.26. The molecule has 1 aliphatic rings. The van der Waals surface area contributed by atoms with Crippen molar-refractivity contribution in [2.45, 2.75) is 72.6 Å². The average Bonchev–Trinajstić information content (AvgIpc) is 2.80. The molecule has 2 nitrogen and oxygen atoms in total. The van der Waals surface area contributed by atoms with Crippen LogP contribution in [0.25, 0.3) is 0 Å². The van der Waals surface area contributed by atoms with Crippen molar-refractivity contribution in [1.82, 2.24) is 10.2 Å². The van der Waals surface area contributed by atoms with Crippen molar-refractivity contribution in [3.8, 4) is 0 Å². The van der Waals surface area contributed by atoms with E-state index in [0.29, 0.717) is 0 Å². The first-order valence-corrected chi connectivity index (χ1v) is 8.63. The summed E-state index contributed by atoms with van der Waals surface area (Å²) in [7, 11) is 0. The number of hydrogen-bond acceptors (Lipinski definition) is 3. The molecular formula is C17H30N2S. The molecular weight excluding hydrogens is 264 g/mol. The predicted octanol–water partition coefficient (Wildman–Crippen LogP) is 4.17. The van der Waals surface area contributed by atoms with Crippen molar-refractivity contribution >= 4 is 11.3 Å². The van der Waals surface area contributed by atoms with Crippen LogP contribution in [0.5, 0.6) is 0 Å². The molecule has 0 radical (unpaired) electrons. The molecule has 1 N–H and O–H groups in total. The molecule has 20 heavy (non-hydrogen) atoms. The van der Waals surface area contributed by atoms with E-state index in [2.05, 4.69) is 57.8 Å². The van der Waals surface area contributed by atoms with Crippen molar-refractivity contribution in [2.75, 3.05) is 6.54 Å². The van der Waals surface area contributed by atoms with Gasteiger partial charge in [-0.15, -0.1) is 11.3 Å². The summed E-state index contributed by atoms with van der Waals surface area (Å²) in [5.41, 5.74) is 1.72. The summed E-state index contributed by atoms with van der Waals surface area (Å²) in [6, 6.07) is 3.15. The quantitative estimate of drug-likeness (QED) is 0.896. The van der Waals surface area contributed by atoms with E-state index >= 15 is 0 Å². The molecule has 1 fully saturated rings. The van der Waals surface area contributed by atoms with Crippen LogP contribution in [0.15, 0.2) is 6.07 Å². The number of likely N-dealkylation sites (tertiary alicyclic amines) is 1. The highest BCUT2D eigenvalue weighted by Crippen LogP contribution is 2.28. The Balaban J connectivity index is 1.97. The summed E-state index contributed by atoms with van der Waals surface area (Å²) < 4.78 is 0. The largest absolute Gasteiger partial charge is 0.307 e. The number of nitrogens with zero attached hydrogens (tertiary/aromatic N) is 1. The van der Waals surface area contributed by atoms with E-state index in [9.17, 15) is 0 Å². The molecule has 2 heterocycles. The normalized spacial score (nSPS) is 24.5. The molecule has 0 saturated carbocycles. The summed E-state index contributed by atoms with van der Waals surface area (Å²) in [5.74, 6) is 0.853. The third-order valence-electron chi connectivity index (χ3n) is 4.15. The van der Waals surface area contributed by atoms with E-state index in [-0.39, 0.29) is 5.54 Å². The first kappa shape index (κ1) is 16.0. The van der Waals surface area contributed by atoms with Gasteiger partial charge in [0, 0.05) is 41.0 Å². The van der Waals surface area contributed by atoms with Crippen molar-refractivity contribution in [1.29, 1.82) is 0 Å². The van der Waals surface area contributed by atoms with Gasteiger partial charge in [0.25, 0.3) is 0 Å². The standard InChI is InChI=1S/C17H30N2S/c1-12-7-13(2)19(10-12)11-15-8-16(20-14(15)3)9-18-17(4,5)6/h8,12-13,18H,7,9-11H2,1-6H3. The topological polar surface area (TPSA) is 15.3 Å². The van der Waals surface area contributed by atoms with Crippen molar-refractivity contribution < 1.29 is 0 Å². The number of rotatable bonds is 4. The Morgan fingerprint density at radius 3 is 2.60 bits per heavy atom. The SMILES string of the molecule is Cc1sc(CNC(C)(C)C)cc1CN1CC(C)CC1C. The Kier molecular flexibility index (Phi) is 4.93. The number of hydrogen-bond donors (Lipinski definition) is 1. The van der Waals surface area contributed by atoms with E-state index < -0.39 is 0 Å². The van der Waals surface area contributed by atoms with Crippen LogP contribution in [0.2, 0.25) is 0 Å². The van der Waals surface area contributed by atoms with Gasteiger partial charge in [-0.2, -0.15) is 0 Å². The first-order valence-electron chi connectivity index (χ1n) is 7.82. The molecule has 0 aromatic carbocycles. The molecule has 2 unspecified atom stereocenters. The minimum Gasteiger partial charge on any atom is -0.307 e. The average molecular weight is 295 g/mol. The smallest absolute Gasteiger partial charge is 0.0304 e. The van der Waals surface area contributed by atoms with E-state index in [1.165, 1.54) is 28.3 Å². The number of aryl methyl sites for hydroxylation is 1. The highest BCUT2D eigenvalue weighted by molar-refractivity contribution is 7.12. The van der Waals surface area contributed by atoms with Gasteiger partial charge in [0.2, 0.25) is 0 Å². The summed E-state index contributed by atoms with van der Waals surface area (Å²) in [5, 5.41) is 3.58. The van der Waals surface area contributed by atoms with E-state index in [4.69, 9.17) is 0 Å². The Labute approximate surface area is 128 Å². The second-order valence-electron chi connectivity index (χ2n) is 7.52. The third-order valence-corrected chi connectivity index (χ3v) is 5.24. The third kappa shape index (κ3) is 4.31. The maximum Gasteiger partial charge on any atom is 0.0304 e. The van der Waals surface area contributed by atoms with Gasteiger partial charge in [-0.1, -0.05) is 6.92 Å². The van der Waals surface area contributed by atoms with Gasteiger partial charge in [-0.05, 0) is 58.6 Å². The van der Waals surface area contributed by atoms with Crippen LogP contribution in [0, 0.1) is 12.8 Å². The molecule has 1 aliphatic heterocycles. The zero-order valence-electron chi connectivity index (χ0n) is 13.9. The fourth-order valence-corrected chi connectivity index (χ4v) is 4.00. The van der Waals surface area contributed by atoms with Crippen molar-refractivity contribution in [3.63, 3.8) is 0 Å². The zero-order valence-corrected chi connectivity index (χ0v) is 14.7. The summed E-state index contributed by atoms with van der Waals surface area (Å²) in [4.78, 5) is 5.59. The maximum absolute atomic E-state index is 3.58. The van der Waals surface area contributed by atoms with Crippen LogP contribution in [0.3, 0.4) is 0 Å². The fraction of sp³-hybridized carbons (Fsp3) is 0.765. The van der Waals surface area contributed by atoms with Gasteiger partial charge in [0.05, 0.1) is 0 Å². The van der Waals surface area contributed by atoms with Crippen LogP contribution >= 0.6 is 11.3 Å². The van der Waals surface area contributed by atoms with E-state index in [1.807, 2.05) is 11.3 Å². The van der Waals surface area contributed by atoms with Gasteiger partial charge in [0.1, 0.15) is 0 Å². The highest BCUT2D eigenvalue weighted by atomic mass is 32.1. The van der Waals surface area contributed by atoms with Crippen molar-refractivity contribution in [3.05, 3.63) is 21.4 Å². The Bertz CT molecular complexity index is 444. The molecule has 2 rings (SSSR count). The van der Waals surface area contributed by atoms with Gasteiger partial charge < -0.3 is 5.32 Å². The molecule has 1 aromatic heterocycles. The van der Waals surface area contributed by atoms with Gasteiger partial charge in [-0.3, -0.25) is 4.90 Å². The maximum atomic E-state index is 3.58. The summed E-state index contributed by atoms with van der Waals surface area (Å²) in [6.07, 6.45) is 1.35. The number of nitrogens with one attached hydrogen (secondary N) is 1.